The molecule has 0 aliphatic heterocycles. The minimum atomic E-state index is 0.595. The van der Waals surface area contributed by atoms with Gasteiger partial charge in [-0.2, -0.15) is 0 Å². The molecular weight excluding hydrogens is 1720 g/mol. The summed E-state index contributed by atoms with van der Waals surface area (Å²) in [5, 5.41) is 14.5. The van der Waals surface area contributed by atoms with Crippen molar-refractivity contribution in [3.05, 3.63) is 504 Å². The molecule has 0 fully saturated rings. The Morgan fingerprint density at radius 2 is 0.390 bits per heavy atom. The molecule has 660 valence electrons. The van der Waals surface area contributed by atoms with Crippen LogP contribution in [0.4, 0.5) is 0 Å². The third-order valence-electron chi connectivity index (χ3n) is 26.4. The highest BCUT2D eigenvalue weighted by Crippen LogP contribution is 2.42. The Hall–Kier alpha value is -19.2. The summed E-state index contributed by atoms with van der Waals surface area (Å²) in [4.78, 5) is 44.8. The summed E-state index contributed by atoms with van der Waals surface area (Å²) in [6.07, 6.45) is 0. The lowest BCUT2D eigenvalue weighted by Gasteiger charge is -2.11. The molecule has 0 saturated carbocycles. The highest BCUT2D eigenvalue weighted by atomic mass is 16.3. The molecule has 0 N–H and O–H groups in total. The summed E-state index contributed by atoms with van der Waals surface area (Å²) in [6.45, 7) is 0. The first kappa shape index (κ1) is 83.6. The van der Waals surface area contributed by atoms with E-state index in [1.54, 1.807) is 0 Å². The number of benzene rings is 21. The van der Waals surface area contributed by atoms with Gasteiger partial charge in [0.25, 0.3) is 0 Å². The van der Waals surface area contributed by atoms with Gasteiger partial charge < -0.3 is 13.6 Å². The van der Waals surface area contributed by atoms with Crippen LogP contribution in [0.1, 0.15) is 0 Å². The highest BCUT2D eigenvalue weighted by Gasteiger charge is 2.23. The molecule has 12 nitrogen and oxygen atoms in total. The van der Waals surface area contributed by atoms with E-state index in [0.717, 1.165) is 117 Å². The summed E-state index contributed by atoms with van der Waals surface area (Å²) >= 11 is 0. The van der Waals surface area contributed by atoms with Gasteiger partial charge in [-0.25, -0.2) is 44.9 Å². The molecule has 0 atom stereocenters. The minimum absolute atomic E-state index is 0.595. The van der Waals surface area contributed by atoms with Gasteiger partial charge in [-0.05, 0) is 192 Å². The number of hydrogen-bond donors (Lipinski definition) is 0. The van der Waals surface area contributed by atoms with Crippen LogP contribution in [0.15, 0.2) is 508 Å². The van der Waals surface area contributed by atoms with Crippen molar-refractivity contribution in [2.75, 3.05) is 0 Å². The third-order valence-corrected chi connectivity index (χ3v) is 26.4. The number of fused-ring (bicyclic) bond motifs is 12. The molecule has 0 saturated heterocycles. The molecule has 0 spiro atoms. The van der Waals surface area contributed by atoms with Crippen molar-refractivity contribution in [2.24, 2.45) is 0 Å². The predicted octanol–water partition coefficient (Wildman–Crippen LogP) is 32.8. The number of furan rings is 1. The molecule has 0 bridgehead atoms. The summed E-state index contributed by atoms with van der Waals surface area (Å²) < 4.78 is 11.1. The Kier molecular flexibility index (Phi) is 21.7. The van der Waals surface area contributed by atoms with Gasteiger partial charge in [-0.15, -0.1) is 0 Å². The fourth-order valence-corrected chi connectivity index (χ4v) is 19.4. The lowest BCUT2D eigenvalue weighted by Crippen LogP contribution is -2.00. The molecule has 0 aliphatic rings. The van der Waals surface area contributed by atoms with Crippen molar-refractivity contribution < 1.29 is 4.42 Å². The van der Waals surface area contributed by atoms with Gasteiger partial charge in [0.2, 0.25) is 0 Å². The van der Waals surface area contributed by atoms with Crippen LogP contribution in [0.5, 0.6) is 0 Å². The van der Waals surface area contributed by atoms with Gasteiger partial charge in [0.05, 0.1) is 22.1 Å². The minimum Gasteiger partial charge on any atom is -0.456 e. The Morgan fingerprint density at radius 3 is 0.759 bits per heavy atom. The summed E-state index contributed by atoms with van der Waals surface area (Å²) in [7, 11) is 0. The van der Waals surface area contributed by atoms with Gasteiger partial charge in [-0.1, -0.05) is 388 Å². The van der Waals surface area contributed by atoms with E-state index in [4.69, 9.17) is 49.3 Å². The van der Waals surface area contributed by atoms with E-state index in [-0.39, 0.29) is 0 Å². The molecule has 6 heterocycles. The molecule has 141 heavy (non-hydrogen) atoms. The molecule has 27 rings (SSSR count). The van der Waals surface area contributed by atoms with Crippen LogP contribution in [-0.4, -0.2) is 54.0 Å². The second-order valence-electron chi connectivity index (χ2n) is 35.1. The van der Waals surface area contributed by atoms with E-state index in [9.17, 15) is 0 Å². The Bertz CT molecular complexity index is 9290. The van der Waals surface area contributed by atoms with E-state index in [0.29, 0.717) is 52.4 Å². The average Bonchev–Trinajstić information content (AvgIpc) is 1.60. The number of aromatic nitrogens is 11. The van der Waals surface area contributed by atoms with Gasteiger partial charge in [0.1, 0.15) is 11.2 Å². The summed E-state index contributed by atoms with van der Waals surface area (Å²) in [5.41, 5.74) is 26.2. The molecule has 27 aromatic rings. The highest BCUT2D eigenvalue weighted by molar-refractivity contribution is 6.14. The van der Waals surface area contributed by atoms with Gasteiger partial charge in [0, 0.05) is 93.8 Å². The molecule has 21 aromatic carbocycles. The van der Waals surface area contributed by atoms with Crippen LogP contribution in [0, 0.1) is 0 Å². The van der Waals surface area contributed by atoms with E-state index in [1.807, 2.05) is 115 Å². The van der Waals surface area contributed by atoms with Crippen molar-refractivity contribution in [3.8, 4) is 158 Å². The van der Waals surface area contributed by atoms with Crippen LogP contribution in [-0.2, 0) is 0 Å². The van der Waals surface area contributed by atoms with Crippen molar-refractivity contribution in [1.82, 2.24) is 54.0 Å². The van der Waals surface area contributed by atoms with Crippen LogP contribution in [0.25, 0.3) is 256 Å². The van der Waals surface area contributed by atoms with Gasteiger partial charge in [-0.3, -0.25) is 0 Å². The van der Waals surface area contributed by atoms with Crippen molar-refractivity contribution in [2.45, 2.75) is 0 Å². The van der Waals surface area contributed by atoms with E-state index in [1.165, 1.54) is 87.1 Å². The zero-order chi connectivity index (χ0) is 93.5. The fraction of sp³-hybridized carbons (Fsp3) is 0. The normalized spacial score (nSPS) is 11.4. The molecule has 0 aliphatic carbocycles. The van der Waals surface area contributed by atoms with E-state index >= 15 is 0 Å². The standard InChI is InChI=1S/2C43H28N4.C43H27N3O/c1-2-12-30(13-3-1)41-44-42(31-23-25-36(26-24-31)47-39-19-8-6-17-37(39)38-18-7-9-20-40(38)47)46-43(45-41)35-16-10-15-33(28-35)34-22-21-29-11-4-5-14-32(29)27-34;1-2-11-31(12-3-1)41-44-42(32-21-18-30(19-22-32)35-23-20-29-10-4-5-13-34(29)28-35)46-43(45-41)33-24-26-36(27-25-33)47-39-16-8-6-14-37(39)38-15-7-9-17-40(38)47;1-3-11-30(12-4-1)36-16-9-17-38-40(36)37-25-24-35(27-39(37)47-38)43-45-41(31-13-5-2-6-14-31)44-42(46-43)32-21-18-29(19-22-32)34-23-20-28-10-7-8-15-33(28)26-34/h2*1-28H;1-27H. The largest absolute Gasteiger partial charge is 0.456 e. The van der Waals surface area contributed by atoms with Crippen LogP contribution in [0.2, 0.25) is 0 Å². The lowest BCUT2D eigenvalue weighted by molar-refractivity contribution is 0.669. The monoisotopic (exact) mass is 1800 g/mol. The zero-order valence-corrected chi connectivity index (χ0v) is 76.2. The predicted molar refractivity (Wildman–Crippen MR) is 579 cm³/mol. The number of hydrogen-bond acceptors (Lipinski definition) is 10. The van der Waals surface area contributed by atoms with E-state index in [2.05, 4.69) is 397 Å². The number of nitrogens with zero attached hydrogens (tertiary/aromatic N) is 11. The molecule has 0 amide bonds. The van der Waals surface area contributed by atoms with Crippen molar-refractivity contribution in [1.29, 1.82) is 0 Å². The smallest absolute Gasteiger partial charge is 0.164 e. The molecule has 0 radical (unpaired) electrons. The maximum atomic E-state index is 6.42. The first-order chi connectivity index (χ1) is 69.8. The molecule has 12 heteroatoms. The van der Waals surface area contributed by atoms with Crippen molar-refractivity contribution >= 4 is 97.9 Å². The van der Waals surface area contributed by atoms with Crippen LogP contribution < -0.4 is 0 Å². The SMILES string of the molecule is c1ccc(-c2nc(-c3ccc(-c4ccc5ccccc5c4)cc3)nc(-c3ccc(-n4c5ccccc5c5ccccc54)cc3)n2)cc1.c1ccc(-c2nc(-c3ccc(-c4ccc5ccccc5c4)cc3)nc(-c3ccc4c(c3)oc3cccc(-c5ccccc5)c34)n2)cc1.c1ccc(-c2nc(-c3ccc(-n4c5ccccc5c5ccccc54)cc3)nc(-c3cccc(-c4ccc5ccccc5c4)c3)n2)cc1. The van der Waals surface area contributed by atoms with Crippen molar-refractivity contribution in [3.63, 3.8) is 0 Å². The van der Waals surface area contributed by atoms with Gasteiger partial charge in [0.15, 0.2) is 52.4 Å². The Balaban J connectivity index is 0.000000111. The third kappa shape index (κ3) is 16.5. The summed E-state index contributed by atoms with van der Waals surface area (Å²) in [6, 6.07) is 175. The molecular formula is C129H83N11O. The zero-order valence-electron chi connectivity index (χ0n) is 76.2. The molecule has 6 aromatic heterocycles. The molecule has 0 unspecified atom stereocenters. The Labute approximate surface area is 812 Å². The maximum absolute atomic E-state index is 6.42. The first-order valence-corrected chi connectivity index (χ1v) is 47.3. The van der Waals surface area contributed by atoms with Crippen LogP contribution >= 0.6 is 0 Å². The second-order valence-corrected chi connectivity index (χ2v) is 35.1. The second kappa shape index (κ2) is 36.6. The van der Waals surface area contributed by atoms with Crippen LogP contribution in [0.3, 0.4) is 0 Å². The average molecular weight is 1800 g/mol. The topological polar surface area (TPSA) is 139 Å². The number of rotatable bonds is 15. The van der Waals surface area contributed by atoms with E-state index < -0.39 is 0 Å². The summed E-state index contributed by atoms with van der Waals surface area (Å²) in [5.74, 6) is 5.70. The Morgan fingerprint density at radius 1 is 0.142 bits per heavy atom. The maximum Gasteiger partial charge on any atom is 0.164 e. The first-order valence-electron chi connectivity index (χ1n) is 47.3. The van der Waals surface area contributed by atoms with Gasteiger partial charge >= 0.3 is 0 Å². The fourth-order valence-electron chi connectivity index (χ4n) is 19.4. The quantitative estimate of drug-likeness (QED) is 0.0975. The lowest BCUT2D eigenvalue weighted by atomic mass is 9.99. The number of para-hydroxylation sites is 4.